The van der Waals surface area contributed by atoms with E-state index in [1.165, 1.54) is 19.1 Å². The third kappa shape index (κ3) is 4.57. The van der Waals surface area contributed by atoms with Gasteiger partial charge in [0.25, 0.3) is 6.43 Å². The minimum atomic E-state index is -2.80. The summed E-state index contributed by atoms with van der Waals surface area (Å²) in [5.41, 5.74) is 0.733. The number of alkyl halides is 2. The first-order valence-electron chi connectivity index (χ1n) is 9.17. The molecule has 2 fully saturated rings. The van der Waals surface area contributed by atoms with E-state index >= 15 is 0 Å². The number of hydrogen-bond acceptors (Lipinski definition) is 5. The van der Waals surface area contributed by atoms with Crippen LogP contribution in [0.4, 0.5) is 18.4 Å². The number of nitrogens with zero attached hydrogens (tertiary/aromatic N) is 1. The molecular weight excluding hydrogens is 374 g/mol. The first kappa shape index (κ1) is 20.4. The largest absolute Gasteiger partial charge is 0.389 e. The summed E-state index contributed by atoms with van der Waals surface area (Å²) in [6, 6.07) is 3.15. The van der Waals surface area contributed by atoms with E-state index in [-0.39, 0.29) is 11.6 Å². The van der Waals surface area contributed by atoms with E-state index in [0.29, 0.717) is 31.6 Å². The number of imide groups is 1. The fourth-order valence-corrected chi connectivity index (χ4v) is 3.38. The number of halogens is 2. The van der Waals surface area contributed by atoms with Gasteiger partial charge in [-0.15, -0.1) is 0 Å². The summed E-state index contributed by atoms with van der Waals surface area (Å²) in [4.78, 5) is 25.9. The van der Waals surface area contributed by atoms with Crippen LogP contribution in [0.3, 0.4) is 0 Å². The van der Waals surface area contributed by atoms with Crippen molar-refractivity contribution >= 4 is 12.1 Å². The Bertz CT molecular complexity index is 695. The van der Waals surface area contributed by atoms with Gasteiger partial charge in [-0.25, -0.2) is 23.3 Å². The van der Waals surface area contributed by atoms with Gasteiger partial charge in [0.05, 0.1) is 12.1 Å². The molecular formula is C18H24F2N4O4. The van der Waals surface area contributed by atoms with Crippen LogP contribution >= 0.6 is 0 Å². The fourth-order valence-electron chi connectivity index (χ4n) is 3.38. The molecule has 0 bridgehead atoms. The highest BCUT2D eigenvalue weighted by atomic mass is 19.3. The maximum Gasteiger partial charge on any atom is 0.328 e. The summed E-state index contributed by atoms with van der Waals surface area (Å²) in [7, 11) is 0. The van der Waals surface area contributed by atoms with E-state index < -0.39 is 36.9 Å². The summed E-state index contributed by atoms with van der Waals surface area (Å²) < 4.78 is 32.6. The molecule has 1 aromatic carbocycles. The van der Waals surface area contributed by atoms with Gasteiger partial charge in [0.2, 0.25) is 0 Å². The molecule has 1 unspecified atom stereocenters. The lowest BCUT2D eigenvalue weighted by Gasteiger charge is -2.39. The highest BCUT2D eigenvalue weighted by Gasteiger charge is 2.38. The number of carbonyl (C=O) groups is 2. The molecule has 28 heavy (non-hydrogen) atoms. The van der Waals surface area contributed by atoms with E-state index in [1.54, 1.807) is 12.1 Å². The first-order chi connectivity index (χ1) is 13.4. The van der Waals surface area contributed by atoms with E-state index in [9.17, 15) is 23.5 Å². The molecule has 2 heterocycles. The standard InChI is InChI=1S/C18H24F2N4O4/c1-10(25)11-3-2-4-12(9-11)14(15(19)20)21-16-22-17(26)24(18(27)23-16)13-5-7-28-8-6-13/h2-4,9-10,13-16,21,25H,5-8H2,1H3,(H,22,26)(H,23,27)/t10?,14-/m1/s1. The van der Waals surface area contributed by atoms with Gasteiger partial charge in [0.15, 0.2) is 6.29 Å². The third-order valence-electron chi connectivity index (χ3n) is 4.88. The number of benzene rings is 1. The van der Waals surface area contributed by atoms with Crippen LogP contribution in [0.2, 0.25) is 0 Å². The topological polar surface area (TPSA) is 103 Å². The molecule has 2 saturated heterocycles. The van der Waals surface area contributed by atoms with Gasteiger partial charge in [0.1, 0.15) is 0 Å². The number of rotatable bonds is 6. The number of aliphatic hydroxyl groups excluding tert-OH is 1. The first-order valence-corrected chi connectivity index (χ1v) is 9.17. The molecule has 2 aliphatic heterocycles. The predicted molar refractivity (Wildman–Crippen MR) is 95.5 cm³/mol. The number of aliphatic hydroxyl groups is 1. The zero-order chi connectivity index (χ0) is 20.3. The Morgan fingerprint density at radius 3 is 2.36 bits per heavy atom. The zero-order valence-corrected chi connectivity index (χ0v) is 15.4. The highest BCUT2D eigenvalue weighted by Crippen LogP contribution is 2.25. The van der Waals surface area contributed by atoms with Gasteiger partial charge in [-0.1, -0.05) is 24.3 Å². The molecule has 4 N–H and O–H groups in total. The normalized spacial score (nSPS) is 21.4. The second kappa shape index (κ2) is 8.80. The third-order valence-corrected chi connectivity index (χ3v) is 4.88. The number of urea groups is 2. The highest BCUT2D eigenvalue weighted by molar-refractivity contribution is 5.96. The minimum Gasteiger partial charge on any atom is -0.389 e. The van der Waals surface area contributed by atoms with E-state index in [1.807, 2.05) is 0 Å². The SMILES string of the molecule is CC(O)c1cccc([C@@H](NC2NC(=O)N(C3CCOCC3)C(=O)N2)C(F)F)c1. The lowest BCUT2D eigenvalue weighted by molar-refractivity contribution is 0.0457. The second-order valence-corrected chi connectivity index (χ2v) is 6.87. The summed E-state index contributed by atoms with van der Waals surface area (Å²) in [6.07, 6.45) is -3.69. The van der Waals surface area contributed by atoms with Gasteiger partial charge >= 0.3 is 12.1 Å². The minimum absolute atomic E-state index is 0.240. The van der Waals surface area contributed by atoms with Crippen LogP contribution in [0.15, 0.2) is 24.3 Å². The Morgan fingerprint density at radius 1 is 1.18 bits per heavy atom. The lowest BCUT2D eigenvalue weighted by Crippen LogP contribution is -2.70. The summed E-state index contributed by atoms with van der Waals surface area (Å²) in [6.45, 7) is 2.45. The maximum absolute atomic E-state index is 13.7. The van der Waals surface area contributed by atoms with Gasteiger partial charge in [-0.2, -0.15) is 0 Å². The van der Waals surface area contributed by atoms with Crippen LogP contribution in [0.25, 0.3) is 0 Å². The van der Waals surface area contributed by atoms with Crippen LogP contribution in [0.1, 0.15) is 43.0 Å². The van der Waals surface area contributed by atoms with Gasteiger partial charge in [-0.3, -0.25) is 5.32 Å². The average molecular weight is 398 g/mol. The molecule has 0 aromatic heterocycles. The predicted octanol–water partition coefficient (Wildman–Crippen LogP) is 1.83. The number of ether oxygens (including phenoxy) is 1. The van der Waals surface area contributed by atoms with Crippen LogP contribution in [0.5, 0.6) is 0 Å². The van der Waals surface area contributed by atoms with E-state index in [2.05, 4.69) is 16.0 Å². The number of nitrogens with one attached hydrogen (secondary N) is 3. The quantitative estimate of drug-likeness (QED) is 0.586. The van der Waals surface area contributed by atoms with Gasteiger partial charge in [-0.05, 0) is 30.9 Å². The second-order valence-electron chi connectivity index (χ2n) is 6.87. The monoisotopic (exact) mass is 398 g/mol. The Balaban J connectivity index is 1.70. The van der Waals surface area contributed by atoms with E-state index in [4.69, 9.17) is 4.74 Å². The van der Waals surface area contributed by atoms with Crippen LogP contribution < -0.4 is 16.0 Å². The van der Waals surface area contributed by atoms with Crippen molar-refractivity contribution in [2.24, 2.45) is 0 Å². The Morgan fingerprint density at radius 2 is 1.79 bits per heavy atom. The zero-order valence-electron chi connectivity index (χ0n) is 15.4. The summed E-state index contributed by atoms with van der Waals surface area (Å²) in [5.74, 6) is 0. The fraction of sp³-hybridized carbons (Fsp3) is 0.556. The summed E-state index contributed by atoms with van der Waals surface area (Å²) in [5, 5.41) is 17.3. The molecule has 2 atom stereocenters. The lowest BCUT2D eigenvalue weighted by atomic mass is 10.0. The van der Waals surface area contributed by atoms with E-state index in [0.717, 1.165) is 4.90 Å². The van der Waals surface area contributed by atoms with Gasteiger partial charge < -0.3 is 20.5 Å². The van der Waals surface area contributed by atoms with Crippen molar-refractivity contribution in [3.8, 4) is 0 Å². The molecule has 3 rings (SSSR count). The number of hydrogen-bond donors (Lipinski definition) is 4. The molecule has 0 aliphatic carbocycles. The van der Waals surface area contributed by atoms with Crippen molar-refractivity contribution in [3.05, 3.63) is 35.4 Å². The molecule has 2 aliphatic rings. The molecule has 8 nitrogen and oxygen atoms in total. The van der Waals surface area contributed by atoms with Crippen molar-refractivity contribution in [1.29, 1.82) is 0 Å². The Hall–Kier alpha value is -2.30. The molecule has 0 saturated carbocycles. The van der Waals surface area contributed by atoms with Gasteiger partial charge in [0, 0.05) is 19.3 Å². The van der Waals surface area contributed by atoms with Crippen molar-refractivity contribution < 1.29 is 28.2 Å². The molecule has 0 radical (unpaired) electrons. The Labute approximate surface area is 161 Å². The van der Waals surface area contributed by atoms with Crippen molar-refractivity contribution in [3.63, 3.8) is 0 Å². The molecule has 10 heteroatoms. The van der Waals surface area contributed by atoms with Crippen molar-refractivity contribution in [2.45, 2.75) is 50.7 Å². The number of carbonyl (C=O) groups excluding carboxylic acids is 2. The van der Waals surface area contributed by atoms with Crippen LogP contribution in [-0.4, -0.2) is 54.0 Å². The molecule has 154 valence electrons. The maximum atomic E-state index is 13.7. The van der Waals surface area contributed by atoms with Crippen LogP contribution in [-0.2, 0) is 4.74 Å². The van der Waals surface area contributed by atoms with Crippen molar-refractivity contribution in [1.82, 2.24) is 20.9 Å². The number of amides is 4. The van der Waals surface area contributed by atoms with Crippen LogP contribution in [0, 0.1) is 0 Å². The Kier molecular flexibility index (Phi) is 6.42. The summed E-state index contributed by atoms with van der Waals surface area (Å²) >= 11 is 0. The molecule has 4 amide bonds. The molecule has 1 aromatic rings. The average Bonchev–Trinajstić information content (AvgIpc) is 2.66. The van der Waals surface area contributed by atoms with Crippen molar-refractivity contribution in [2.75, 3.05) is 13.2 Å². The smallest absolute Gasteiger partial charge is 0.328 e. The molecule has 0 spiro atoms.